The fourth-order valence-corrected chi connectivity index (χ4v) is 2.04. The maximum absolute atomic E-state index is 13.8. The highest BCUT2D eigenvalue weighted by Crippen LogP contribution is 2.34. The summed E-state index contributed by atoms with van der Waals surface area (Å²) < 4.78 is 24.5. The Bertz CT molecular complexity index is 592. The zero-order valence-electron chi connectivity index (χ0n) is 10.8. The van der Waals surface area contributed by atoms with Crippen molar-refractivity contribution in [3.8, 4) is 11.5 Å². The van der Waals surface area contributed by atoms with Gasteiger partial charge in [0.1, 0.15) is 25.4 Å². The van der Waals surface area contributed by atoms with Crippen molar-refractivity contribution in [2.24, 2.45) is 0 Å². The van der Waals surface area contributed by atoms with Crippen molar-refractivity contribution in [2.45, 2.75) is 6.42 Å². The van der Waals surface area contributed by atoms with Crippen molar-refractivity contribution in [2.75, 3.05) is 25.1 Å². The topological polar surface area (TPSA) is 56.3 Å². The minimum absolute atomic E-state index is 0.212. The van der Waals surface area contributed by atoms with Crippen LogP contribution in [-0.2, 0) is 6.42 Å². The van der Waals surface area contributed by atoms with E-state index < -0.39 is 0 Å². The largest absolute Gasteiger partial charge is 0.486 e. The van der Waals surface area contributed by atoms with Gasteiger partial charge in [0.15, 0.2) is 17.3 Å². The Kier molecular flexibility index (Phi) is 3.62. The van der Waals surface area contributed by atoms with Crippen LogP contribution in [0.3, 0.4) is 0 Å². The fraction of sp³-hybridized carbons (Fsp3) is 0.286. The maximum atomic E-state index is 13.8. The van der Waals surface area contributed by atoms with Crippen LogP contribution in [0.2, 0.25) is 0 Å². The number of hydrogen-bond acceptors (Lipinski definition) is 5. The summed E-state index contributed by atoms with van der Waals surface area (Å²) in [7, 11) is 0. The van der Waals surface area contributed by atoms with Crippen LogP contribution in [0.15, 0.2) is 30.7 Å². The number of halogens is 1. The SMILES string of the molecule is Fc1cc(CCNc2ccncn2)cc2c1OCCO2. The number of aromatic nitrogens is 2. The summed E-state index contributed by atoms with van der Waals surface area (Å²) in [4.78, 5) is 7.90. The summed E-state index contributed by atoms with van der Waals surface area (Å²) in [6.45, 7) is 1.49. The molecule has 0 aliphatic carbocycles. The number of ether oxygens (including phenoxy) is 2. The van der Waals surface area contributed by atoms with E-state index in [-0.39, 0.29) is 11.6 Å². The number of nitrogens with zero attached hydrogens (tertiary/aromatic N) is 2. The van der Waals surface area contributed by atoms with E-state index in [0.29, 0.717) is 31.9 Å². The highest BCUT2D eigenvalue weighted by Gasteiger charge is 2.17. The number of rotatable bonds is 4. The molecule has 3 rings (SSSR count). The number of fused-ring (bicyclic) bond motifs is 1. The summed E-state index contributed by atoms with van der Waals surface area (Å²) in [5.41, 5.74) is 0.855. The summed E-state index contributed by atoms with van der Waals surface area (Å²) in [5.74, 6) is 1.06. The Labute approximate surface area is 115 Å². The molecule has 1 aliphatic heterocycles. The Balaban J connectivity index is 1.64. The van der Waals surface area contributed by atoms with Gasteiger partial charge in [-0.1, -0.05) is 0 Å². The van der Waals surface area contributed by atoms with Crippen LogP contribution in [0.5, 0.6) is 11.5 Å². The van der Waals surface area contributed by atoms with Crippen LogP contribution >= 0.6 is 0 Å². The first kappa shape index (κ1) is 12.7. The molecule has 0 saturated heterocycles. The molecule has 1 aromatic carbocycles. The van der Waals surface area contributed by atoms with E-state index in [9.17, 15) is 4.39 Å². The van der Waals surface area contributed by atoms with Gasteiger partial charge in [-0.25, -0.2) is 14.4 Å². The Morgan fingerprint density at radius 1 is 1.25 bits per heavy atom. The summed E-state index contributed by atoms with van der Waals surface area (Å²) in [6, 6.07) is 5.08. The fourth-order valence-electron chi connectivity index (χ4n) is 2.04. The normalized spacial score (nSPS) is 13.1. The predicted molar refractivity (Wildman–Crippen MR) is 71.6 cm³/mol. The van der Waals surface area contributed by atoms with Gasteiger partial charge in [-0.05, 0) is 30.2 Å². The molecule has 0 amide bonds. The van der Waals surface area contributed by atoms with Gasteiger partial charge < -0.3 is 14.8 Å². The lowest BCUT2D eigenvalue weighted by atomic mass is 10.1. The Morgan fingerprint density at radius 3 is 3.00 bits per heavy atom. The van der Waals surface area contributed by atoms with Crippen molar-refractivity contribution in [3.05, 3.63) is 42.1 Å². The lowest BCUT2D eigenvalue weighted by Gasteiger charge is -2.19. The third kappa shape index (κ3) is 2.79. The monoisotopic (exact) mass is 275 g/mol. The lowest BCUT2D eigenvalue weighted by Crippen LogP contribution is -2.17. The lowest BCUT2D eigenvalue weighted by molar-refractivity contribution is 0.164. The van der Waals surface area contributed by atoms with Crippen LogP contribution in [0.4, 0.5) is 10.2 Å². The van der Waals surface area contributed by atoms with Crippen molar-refractivity contribution in [1.29, 1.82) is 0 Å². The van der Waals surface area contributed by atoms with Crippen LogP contribution in [-0.4, -0.2) is 29.7 Å². The smallest absolute Gasteiger partial charge is 0.197 e. The predicted octanol–water partition coefficient (Wildman–Crippen LogP) is 2.04. The van der Waals surface area contributed by atoms with E-state index in [1.54, 1.807) is 12.3 Å². The molecule has 2 aromatic rings. The molecule has 0 atom stereocenters. The molecule has 0 unspecified atom stereocenters. The minimum Gasteiger partial charge on any atom is -0.486 e. The van der Waals surface area contributed by atoms with Crippen molar-refractivity contribution in [1.82, 2.24) is 9.97 Å². The van der Waals surface area contributed by atoms with Crippen LogP contribution < -0.4 is 14.8 Å². The van der Waals surface area contributed by atoms with Crippen molar-refractivity contribution < 1.29 is 13.9 Å². The molecule has 0 bridgehead atoms. The number of nitrogens with one attached hydrogen (secondary N) is 1. The number of benzene rings is 1. The maximum Gasteiger partial charge on any atom is 0.197 e. The van der Waals surface area contributed by atoms with Gasteiger partial charge in [-0.15, -0.1) is 0 Å². The molecular weight excluding hydrogens is 261 g/mol. The Hall–Kier alpha value is -2.37. The average Bonchev–Trinajstić information content (AvgIpc) is 2.48. The van der Waals surface area contributed by atoms with Crippen LogP contribution in [0.25, 0.3) is 0 Å². The molecule has 2 heterocycles. The highest BCUT2D eigenvalue weighted by atomic mass is 19.1. The van der Waals surface area contributed by atoms with E-state index in [0.717, 1.165) is 11.4 Å². The van der Waals surface area contributed by atoms with Gasteiger partial charge in [-0.3, -0.25) is 0 Å². The van der Waals surface area contributed by atoms with E-state index in [1.807, 2.05) is 6.07 Å². The van der Waals surface area contributed by atoms with Crippen LogP contribution in [0.1, 0.15) is 5.56 Å². The quantitative estimate of drug-likeness (QED) is 0.925. The summed E-state index contributed by atoms with van der Waals surface area (Å²) >= 11 is 0. The van der Waals surface area contributed by atoms with E-state index in [4.69, 9.17) is 9.47 Å². The molecule has 5 nitrogen and oxygen atoms in total. The van der Waals surface area contributed by atoms with Gasteiger partial charge >= 0.3 is 0 Å². The first-order valence-electron chi connectivity index (χ1n) is 6.41. The third-order valence-corrected chi connectivity index (χ3v) is 2.96. The number of anilines is 1. The summed E-state index contributed by atoms with van der Waals surface area (Å²) in [6.07, 6.45) is 3.81. The molecular formula is C14H14FN3O2. The highest BCUT2D eigenvalue weighted by molar-refractivity contribution is 5.45. The standard InChI is InChI=1S/C14H14FN3O2/c15-11-7-10(8-12-14(11)20-6-5-19-12)1-4-17-13-2-3-16-9-18-13/h2-3,7-9H,1,4-6H2,(H,16,17,18). The molecule has 0 radical (unpaired) electrons. The van der Waals surface area contributed by atoms with Gasteiger partial charge in [-0.2, -0.15) is 0 Å². The minimum atomic E-state index is -0.376. The van der Waals surface area contributed by atoms with Gasteiger partial charge in [0.25, 0.3) is 0 Å². The molecule has 0 saturated carbocycles. The second-order valence-electron chi connectivity index (χ2n) is 4.37. The van der Waals surface area contributed by atoms with Crippen molar-refractivity contribution in [3.63, 3.8) is 0 Å². The molecule has 1 N–H and O–H groups in total. The first-order valence-corrected chi connectivity index (χ1v) is 6.41. The first-order chi connectivity index (χ1) is 9.83. The zero-order chi connectivity index (χ0) is 13.8. The molecule has 0 spiro atoms. The van der Waals surface area contributed by atoms with Gasteiger partial charge in [0, 0.05) is 12.7 Å². The molecule has 104 valence electrons. The summed E-state index contributed by atoms with van der Waals surface area (Å²) in [5, 5.41) is 3.15. The molecule has 0 fully saturated rings. The van der Waals surface area contributed by atoms with Gasteiger partial charge in [0.2, 0.25) is 0 Å². The number of hydrogen-bond donors (Lipinski definition) is 1. The molecule has 6 heteroatoms. The van der Waals surface area contributed by atoms with E-state index in [1.165, 1.54) is 12.4 Å². The zero-order valence-corrected chi connectivity index (χ0v) is 10.8. The average molecular weight is 275 g/mol. The second-order valence-corrected chi connectivity index (χ2v) is 4.37. The molecule has 20 heavy (non-hydrogen) atoms. The van der Waals surface area contributed by atoms with E-state index >= 15 is 0 Å². The molecule has 1 aromatic heterocycles. The van der Waals surface area contributed by atoms with Crippen LogP contribution in [0, 0.1) is 5.82 Å². The molecule has 1 aliphatic rings. The van der Waals surface area contributed by atoms with Crippen molar-refractivity contribution >= 4 is 5.82 Å². The second kappa shape index (κ2) is 5.73. The third-order valence-electron chi connectivity index (χ3n) is 2.96. The van der Waals surface area contributed by atoms with E-state index in [2.05, 4.69) is 15.3 Å². The Morgan fingerprint density at radius 2 is 2.15 bits per heavy atom. The van der Waals surface area contributed by atoms with Gasteiger partial charge in [0.05, 0.1) is 0 Å².